The molecule has 0 saturated heterocycles. The van der Waals surface area contributed by atoms with E-state index in [9.17, 15) is 4.79 Å². The van der Waals surface area contributed by atoms with Crippen LogP contribution in [0.25, 0.3) is 0 Å². The van der Waals surface area contributed by atoms with Gasteiger partial charge in [0.05, 0.1) is 5.69 Å². The molecular weight excluding hydrogens is 228 g/mol. The molecule has 1 aromatic carbocycles. The van der Waals surface area contributed by atoms with Crippen LogP contribution >= 0.6 is 0 Å². The summed E-state index contributed by atoms with van der Waals surface area (Å²) >= 11 is 0. The molecule has 1 unspecified atom stereocenters. The summed E-state index contributed by atoms with van der Waals surface area (Å²) in [6.07, 6.45) is 1.66. The van der Waals surface area contributed by atoms with Crippen molar-refractivity contribution in [1.29, 1.82) is 0 Å². The molecule has 0 radical (unpaired) electrons. The minimum Gasteiger partial charge on any atom is -0.479 e. The number of benzene rings is 1. The van der Waals surface area contributed by atoms with Crippen molar-refractivity contribution in [3.8, 4) is 5.75 Å². The van der Waals surface area contributed by atoms with Crippen LogP contribution in [0.4, 0.5) is 11.4 Å². The van der Waals surface area contributed by atoms with Crippen LogP contribution in [0.5, 0.6) is 5.75 Å². The molecule has 1 aromatic rings. The number of rotatable bonds is 4. The van der Waals surface area contributed by atoms with E-state index in [2.05, 4.69) is 12.2 Å². The quantitative estimate of drug-likeness (QED) is 0.890. The van der Waals surface area contributed by atoms with Gasteiger partial charge in [0.25, 0.3) is 5.91 Å². The Morgan fingerprint density at radius 1 is 1.44 bits per heavy atom. The van der Waals surface area contributed by atoms with Gasteiger partial charge in [-0.3, -0.25) is 4.79 Å². The molecule has 18 heavy (non-hydrogen) atoms. The average Bonchev–Trinajstić information content (AvgIpc) is 2.38. The molecular formula is C14H20N2O2. The number of ether oxygens (including phenoxy) is 1. The molecule has 0 aliphatic carbocycles. The average molecular weight is 248 g/mol. The van der Waals surface area contributed by atoms with Crippen LogP contribution in [-0.2, 0) is 4.79 Å². The second kappa shape index (κ2) is 5.29. The summed E-state index contributed by atoms with van der Waals surface area (Å²) in [7, 11) is 1.86. The van der Waals surface area contributed by atoms with Gasteiger partial charge in [-0.2, -0.15) is 0 Å². The van der Waals surface area contributed by atoms with Gasteiger partial charge < -0.3 is 15.0 Å². The van der Waals surface area contributed by atoms with Crippen molar-refractivity contribution in [2.45, 2.75) is 32.8 Å². The zero-order valence-electron chi connectivity index (χ0n) is 11.2. The van der Waals surface area contributed by atoms with Crippen molar-refractivity contribution >= 4 is 17.3 Å². The number of unbranched alkanes of at least 4 members (excludes halogenated alkanes) is 1. The highest BCUT2D eigenvalue weighted by Gasteiger charge is 2.32. The second-order valence-electron chi connectivity index (χ2n) is 4.51. The zero-order valence-corrected chi connectivity index (χ0v) is 11.2. The molecule has 4 heteroatoms. The van der Waals surface area contributed by atoms with Crippen molar-refractivity contribution in [3.05, 3.63) is 18.2 Å². The summed E-state index contributed by atoms with van der Waals surface area (Å²) in [5, 5.41) is 3.12. The number of hydrogen-bond acceptors (Lipinski definition) is 3. The monoisotopic (exact) mass is 248 g/mol. The summed E-state index contributed by atoms with van der Waals surface area (Å²) in [5.74, 6) is 0.823. The van der Waals surface area contributed by atoms with E-state index in [4.69, 9.17) is 4.74 Å². The summed E-state index contributed by atoms with van der Waals surface area (Å²) in [6, 6.07) is 5.81. The number of carbonyl (C=O) groups is 1. The number of carbonyl (C=O) groups excluding carboxylic acids is 1. The maximum Gasteiger partial charge on any atom is 0.267 e. The highest BCUT2D eigenvalue weighted by molar-refractivity contribution is 6.03. The number of nitrogens with zero attached hydrogens (tertiary/aromatic N) is 1. The molecule has 2 rings (SSSR count). The summed E-state index contributed by atoms with van der Waals surface area (Å²) in [4.78, 5) is 14.1. The first-order chi connectivity index (χ1) is 8.69. The molecule has 1 aliphatic rings. The van der Waals surface area contributed by atoms with Crippen LogP contribution < -0.4 is 15.0 Å². The van der Waals surface area contributed by atoms with E-state index in [1.54, 1.807) is 6.92 Å². The van der Waals surface area contributed by atoms with Crippen molar-refractivity contribution in [2.24, 2.45) is 0 Å². The van der Waals surface area contributed by atoms with Gasteiger partial charge >= 0.3 is 0 Å². The number of anilines is 2. The molecule has 0 fully saturated rings. The fourth-order valence-corrected chi connectivity index (χ4v) is 2.21. The van der Waals surface area contributed by atoms with Gasteiger partial charge in [0.2, 0.25) is 0 Å². The van der Waals surface area contributed by atoms with E-state index >= 15 is 0 Å². The van der Waals surface area contributed by atoms with Gasteiger partial charge in [-0.15, -0.1) is 0 Å². The predicted octanol–water partition coefficient (Wildman–Crippen LogP) is 2.64. The van der Waals surface area contributed by atoms with Gasteiger partial charge in [-0.25, -0.2) is 0 Å². The van der Waals surface area contributed by atoms with E-state index in [-0.39, 0.29) is 5.91 Å². The molecule has 4 nitrogen and oxygen atoms in total. The highest BCUT2D eigenvalue weighted by atomic mass is 16.5. The molecule has 1 heterocycles. The number of nitrogens with one attached hydrogen (secondary N) is 1. The Hall–Kier alpha value is -1.71. The van der Waals surface area contributed by atoms with Crippen LogP contribution in [0.3, 0.4) is 0 Å². The minimum absolute atomic E-state index is 0.0404. The molecule has 1 atom stereocenters. The summed E-state index contributed by atoms with van der Waals surface area (Å²) in [5.41, 5.74) is 1.81. The molecule has 0 bridgehead atoms. The lowest BCUT2D eigenvalue weighted by molar-refractivity contribution is -0.125. The third kappa shape index (κ3) is 2.15. The third-order valence-electron chi connectivity index (χ3n) is 3.19. The van der Waals surface area contributed by atoms with Crippen LogP contribution in [0.2, 0.25) is 0 Å². The number of hydrogen-bond donors (Lipinski definition) is 1. The van der Waals surface area contributed by atoms with Crippen LogP contribution in [0.1, 0.15) is 26.7 Å². The Labute approximate surface area is 108 Å². The topological polar surface area (TPSA) is 41.6 Å². The molecule has 0 aromatic heterocycles. The smallest absolute Gasteiger partial charge is 0.267 e. The lowest BCUT2D eigenvalue weighted by Crippen LogP contribution is -2.45. The van der Waals surface area contributed by atoms with E-state index < -0.39 is 6.10 Å². The zero-order chi connectivity index (χ0) is 13.1. The van der Waals surface area contributed by atoms with Crippen LogP contribution in [0.15, 0.2) is 18.2 Å². The Bertz CT molecular complexity index is 445. The largest absolute Gasteiger partial charge is 0.479 e. The van der Waals surface area contributed by atoms with Gasteiger partial charge in [-0.1, -0.05) is 19.4 Å². The Kier molecular flexibility index (Phi) is 3.75. The van der Waals surface area contributed by atoms with Gasteiger partial charge in [0.15, 0.2) is 6.10 Å². The first kappa shape index (κ1) is 12.7. The predicted molar refractivity (Wildman–Crippen MR) is 73.3 cm³/mol. The van der Waals surface area contributed by atoms with E-state index in [1.165, 1.54) is 0 Å². The first-order valence-corrected chi connectivity index (χ1v) is 6.47. The van der Waals surface area contributed by atoms with Crippen molar-refractivity contribution in [1.82, 2.24) is 0 Å². The van der Waals surface area contributed by atoms with Gasteiger partial charge in [0.1, 0.15) is 11.4 Å². The lowest BCUT2D eigenvalue weighted by atomic mass is 10.1. The summed E-state index contributed by atoms with van der Waals surface area (Å²) in [6.45, 7) is 4.67. The Morgan fingerprint density at radius 3 is 2.89 bits per heavy atom. The molecule has 1 aliphatic heterocycles. The first-order valence-electron chi connectivity index (χ1n) is 6.47. The van der Waals surface area contributed by atoms with Crippen LogP contribution in [-0.4, -0.2) is 25.6 Å². The van der Waals surface area contributed by atoms with Crippen molar-refractivity contribution < 1.29 is 9.53 Å². The SMILES string of the molecule is CCCCN1C(=O)C(C)Oc2cccc(NC)c21. The van der Waals surface area contributed by atoms with E-state index in [0.29, 0.717) is 0 Å². The molecule has 98 valence electrons. The highest BCUT2D eigenvalue weighted by Crippen LogP contribution is 2.40. The molecule has 1 amide bonds. The van der Waals surface area contributed by atoms with Crippen LogP contribution in [0, 0.1) is 0 Å². The maximum atomic E-state index is 12.2. The normalized spacial score (nSPS) is 18.3. The van der Waals surface area contributed by atoms with Crippen molar-refractivity contribution in [3.63, 3.8) is 0 Å². The molecule has 1 N–H and O–H groups in total. The second-order valence-corrected chi connectivity index (χ2v) is 4.51. The molecule has 0 spiro atoms. The number of amides is 1. The third-order valence-corrected chi connectivity index (χ3v) is 3.19. The summed E-state index contributed by atoms with van der Waals surface area (Å²) < 4.78 is 5.67. The Morgan fingerprint density at radius 2 is 2.22 bits per heavy atom. The van der Waals surface area contributed by atoms with E-state index in [0.717, 1.165) is 36.5 Å². The fourth-order valence-electron chi connectivity index (χ4n) is 2.21. The van der Waals surface area contributed by atoms with Gasteiger partial charge in [0, 0.05) is 13.6 Å². The maximum absolute atomic E-state index is 12.2. The minimum atomic E-state index is -0.401. The van der Waals surface area contributed by atoms with Crippen molar-refractivity contribution in [2.75, 3.05) is 23.8 Å². The fraction of sp³-hybridized carbons (Fsp3) is 0.500. The Balaban J connectivity index is 2.43. The number of para-hydroxylation sites is 1. The van der Waals surface area contributed by atoms with Gasteiger partial charge in [-0.05, 0) is 25.5 Å². The lowest BCUT2D eigenvalue weighted by Gasteiger charge is -2.34. The van der Waals surface area contributed by atoms with E-state index in [1.807, 2.05) is 30.1 Å². The standard InChI is InChI=1S/C14H20N2O2/c1-4-5-9-16-13-11(15-3)7-6-8-12(13)18-10(2)14(16)17/h6-8,10,15H,4-5,9H2,1-3H3. The molecule has 0 saturated carbocycles. The number of fused-ring (bicyclic) bond motifs is 1.